The first-order chi connectivity index (χ1) is 12.7. The minimum atomic E-state index is -0.170. The Balaban J connectivity index is 0.00000210. The van der Waals surface area contributed by atoms with Crippen LogP contribution in [0.2, 0.25) is 0 Å². The van der Waals surface area contributed by atoms with Gasteiger partial charge in [-0.15, -0.1) is 12.4 Å². The summed E-state index contributed by atoms with van der Waals surface area (Å²) in [6, 6.07) is 15.7. The molecule has 3 aromatic rings. The highest BCUT2D eigenvalue weighted by Crippen LogP contribution is 2.30. The lowest BCUT2D eigenvalue weighted by Gasteiger charge is -2.24. The van der Waals surface area contributed by atoms with Crippen molar-refractivity contribution < 1.29 is 4.39 Å². The third kappa shape index (κ3) is 4.60. The summed E-state index contributed by atoms with van der Waals surface area (Å²) in [6.07, 6.45) is 5.20. The largest absolute Gasteiger partial charge is 0.306 e. The molecule has 27 heavy (non-hydrogen) atoms. The average molecular weight is 451 g/mol. The lowest BCUT2D eigenvalue weighted by Crippen LogP contribution is -2.25. The Hall–Kier alpha value is -1.69. The second-order valence-corrected chi connectivity index (χ2v) is 7.67. The molecule has 1 unspecified atom stereocenters. The Morgan fingerprint density at radius 2 is 2.00 bits per heavy atom. The molecule has 0 radical (unpaired) electrons. The summed E-state index contributed by atoms with van der Waals surface area (Å²) >= 11 is 3.42. The van der Waals surface area contributed by atoms with Gasteiger partial charge in [0.05, 0.1) is 12.7 Å². The van der Waals surface area contributed by atoms with Gasteiger partial charge in [0.15, 0.2) is 0 Å². The zero-order valence-electron chi connectivity index (χ0n) is 14.9. The lowest BCUT2D eigenvalue weighted by atomic mass is 9.92. The molecule has 0 aliphatic heterocycles. The summed E-state index contributed by atoms with van der Waals surface area (Å²) in [7, 11) is 0. The minimum absolute atomic E-state index is 0. The fourth-order valence-electron chi connectivity index (χ4n) is 3.64. The van der Waals surface area contributed by atoms with E-state index >= 15 is 0 Å². The smallest absolute Gasteiger partial charge is 0.127 e. The highest BCUT2D eigenvalue weighted by Gasteiger charge is 2.24. The van der Waals surface area contributed by atoms with Crippen molar-refractivity contribution in [1.82, 2.24) is 15.1 Å². The number of rotatable bonds is 5. The number of hydrogen-bond donors (Lipinski definition) is 1. The summed E-state index contributed by atoms with van der Waals surface area (Å²) in [5.74, 6) is -0.170. The van der Waals surface area contributed by atoms with Crippen molar-refractivity contribution in [3.8, 4) is 0 Å². The minimum Gasteiger partial charge on any atom is -0.306 e. The summed E-state index contributed by atoms with van der Waals surface area (Å²) in [5.41, 5.74) is 4.49. The molecule has 0 fully saturated rings. The molecule has 142 valence electrons. The lowest BCUT2D eigenvalue weighted by molar-refractivity contribution is 0.444. The first kappa shape index (κ1) is 20.1. The van der Waals surface area contributed by atoms with Gasteiger partial charge in [0, 0.05) is 33.9 Å². The highest BCUT2D eigenvalue weighted by atomic mass is 79.9. The third-order valence-corrected chi connectivity index (χ3v) is 5.48. The standard InChI is InChI=1S/C21H21BrFN3.ClH/c22-17-9-10-19(23)16(11-17)12-24-20-7-4-8-21-18(20)13-25-26(21)14-15-5-2-1-3-6-15;/h1-3,5-6,9-11,13,20,24H,4,7-8,12,14H2;1H. The van der Waals surface area contributed by atoms with E-state index in [9.17, 15) is 4.39 Å². The first-order valence-electron chi connectivity index (χ1n) is 8.96. The SMILES string of the molecule is Cl.Fc1ccc(Br)cc1CNC1CCCc2c1cnn2Cc1ccccc1. The van der Waals surface area contributed by atoms with Crippen LogP contribution in [-0.2, 0) is 19.5 Å². The molecule has 0 saturated heterocycles. The number of halogens is 3. The van der Waals surface area contributed by atoms with Crippen LogP contribution in [0.15, 0.2) is 59.2 Å². The number of hydrogen-bond acceptors (Lipinski definition) is 2. The van der Waals surface area contributed by atoms with Crippen LogP contribution in [0.3, 0.4) is 0 Å². The van der Waals surface area contributed by atoms with E-state index in [0.717, 1.165) is 30.3 Å². The molecule has 0 saturated carbocycles. The molecule has 2 aromatic carbocycles. The van der Waals surface area contributed by atoms with E-state index in [-0.39, 0.29) is 24.3 Å². The molecule has 6 heteroatoms. The monoisotopic (exact) mass is 449 g/mol. The Labute approximate surface area is 173 Å². The molecule has 3 nitrogen and oxygen atoms in total. The third-order valence-electron chi connectivity index (χ3n) is 4.98. The maximum atomic E-state index is 14.0. The van der Waals surface area contributed by atoms with Gasteiger partial charge >= 0.3 is 0 Å². The molecule has 1 N–H and O–H groups in total. The molecule has 0 amide bonds. The van der Waals surface area contributed by atoms with E-state index < -0.39 is 0 Å². The fraction of sp³-hybridized carbons (Fsp3) is 0.286. The molecule has 1 heterocycles. The quantitative estimate of drug-likeness (QED) is 0.562. The Morgan fingerprint density at radius 3 is 2.81 bits per heavy atom. The Bertz CT molecular complexity index is 898. The van der Waals surface area contributed by atoms with Crippen molar-refractivity contribution >= 4 is 28.3 Å². The normalized spacial score (nSPS) is 15.9. The van der Waals surface area contributed by atoms with E-state index in [2.05, 4.69) is 55.3 Å². The van der Waals surface area contributed by atoms with Crippen LogP contribution in [0, 0.1) is 5.82 Å². The highest BCUT2D eigenvalue weighted by molar-refractivity contribution is 9.10. The van der Waals surface area contributed by atoms with Gasteiger partial charge in [-0.1, -0.05) is 46.3 Å². The summed E-state index contributed by atoms with van der Waals surface area (Å²) in [6.45, 7) is 1.31. The van der Waals surface area contributed by atoms with Crippen LogP contribution in [0.5, 0.6) is 0 Å². The van der Waals surface area contributed by atoms with E-state index in [1.165, 1.54) is 22.9 Å². The van der Waals surface area contributed by atoms with Crippen molar-refractivity contribution in [3.05, 3.63) is 87.4 Å². The van der Waals surface area contributed by atoms with Crippen LogP contribution in [0.1, 0.15) is 41.3 Å². The van der Waals surface area contributed by atoms with Gasteiger partial charge in [0.1, 0.15) is 5.82 Å². The second-order valence-electron chi connectivity index (χ2n) is 6.75. The van der Waals surface area contributed by atoms with Gasteiger partial charge in [0.25, 0.3) is 0 Å². The maximum Gasteiger partial charge on any atom is 0.127 e. The summed E-state index contributed by atoms with van der Waals surface area (Å²) in [5, 5.41) is 8.15. The van der Waals surface area contributed by atoms with Crippen LogP contribution >= 0.6 is 28.3 Å². The summed E-state index contributed by atoms with van der Waals surface area (Å²) in [4.78, 5) is 0. The van der Waals surface area contributed by atoms with Crippen molar-refractivity contribution in [2.75, 3.05) is 0 Å². The topological polar surface area (TPSA) is 29.9 Å². The average Bonchev–Trinajstić information content (AvgIpc) is 3.07. The van der Waals surface area contributed by atoms with E-state index in [1.807, 2.05) is 18.3 Å². The zero-order chi connectivity index (χ0) is 17.9. The molecule has 1 aromatic heterocycles. The van der Waals surface area contributed by atoms with E-state index in [4.69, 9.17) is 0 Å². The molecule has 0 bridgehead atoms. The van der Waals surface area contributed by atoms with E-state index in [0.29, 0.717) is 12.1 Å². The zero-order valence-corrected chi connectivity index (χ0v) is 17.3. The van der Waals surface area contributed by atoms with Gasteiger partial charge in [-0.2, -0.15) is 5.10 Å². The Morgan fingerprint density at radius 1 is 1.19 bits per heavy atom. The van der Waals surface area contributed by atoms with Crippen LogP contribution in [-0.4, -0.2) is 9.78 Å². The number of aromatic nitrogens is 2. The van der Waals surface area contributed by atoms with E-state index in [1.54, 1.807) is 6.07 Å². The van der Waals surface area contributed by atoms with Gasteiger partial charge in [0.2, 0.25) is 0 Å². The molecule has 0 spiro atoms. The predicted octanol–water partition coefficient (Wildman–Crippen LogP) is 5.42. The number of nitrogens with zero attached hydrogens (tertiary/aromatic N) is 2. The number of benzene rings is 2. The molecule has 4 rings (SSSR count). The molecule has 1 aliphatic carbocycles. The predicted molar refractivity (Wildman–Crippen MR) is 112 cm³/mol. The second kappa shape index (κ2) is 9.00. The first-order valence-corrected chi connectivity index (χ1v) is 9.76. The van der Waals surface area contributed by atoms with Gasteiger partial charge < -0.3 is 5.32 Å². The van der Waals surface area contributed by atoms with Gasteiger partial charge in [-0.25, -0.2) is 4.39 Å². The molecular formula is C21H22BrClFN3. The van der Waals surface area contributed by atoms with Crippen LogP contribution < -0.4 is 5.32 Å². The van der Waals surface area contributed by atoms with Crippen molar-refractivity contribution in [1.29, 1.82) is 0 Å². The van der Waals surface area contributed by atoms with Crippen LogP contribution in [0.4, 0.5) is 4.39 Å². The van der Waals surface area contributed by atoms with Crippen molar-refractivity contribution in [3.63, 3.8) is 0 Å². The van der Waals surface area contributed by atoms with Gasteiger partial charge in [-0.05, 0) is 43.0 Å². The van der Waals surface area contributed by atoms with Gasteiger partial charge in [-0.3, -0.25) is 4.68 Å². The maximum absolute atomic E-state index is 14.0. The molecule has 1 aliphatic rings. The number of fused-ring (bicyclic) bond motifs is 1. The Kier molecular flexibility index (Phi) is 6.68. The molecular weight excluding hydrogens is 429 g/mol. The number of nitrogens with one attached hydrogen (secondary N) is 1. The van der Waals surface area contributed by atoms with Crippen LogP contribution in [0.25, 0.3) is 0 Å². The fourth-order valence-corrected chi connectivity index (χ4v) is 4.04. The van der Waals surface area contributed by atoms with Crippen molar-refractivity contribution in [2.45, 2.75) is 38.4 Å². The van der Waals surface area contributed by atoms with Crippen molar-refractivity contribution in [2.24, 2.45) is 0 Å². The summed E-state index contributed by atoms with van der Waals surface area (Å²) < 4.78 is 17.0. The molecule has 1 atom stereocenters.